The summed E-state index contributed by atoms with van der Waals surface area (Å²) < 4.78 is 68.1. The number of pyridine rings is 5. The Morgan fingerprint density at radius 2 is 0.661 bits per heavy atom. The zero-order valence-corrected chi connectivity index (χ0v) is 70.6. The van der Waals surface area contributed by atoms with Crippen LogP contribution in [-0.4, -0.2) is 116 Å². The van der Waals surface area contributed by atoms with Gasteiger partial charge in [-0.2, -0.15) is 54.3 Å². The third-order valence-electron chi connectivity index (χ3n) is 24.7. The van der Waals surface area contributed by atoms with Crippen LogP contribution >= 0.6 is 0 Å². The maximum absolute atomic E-state index is 14.2. The number of aromatic amines is 5. The smallest absolute Gasteiger partial charge is 0.367 e. The van der Waals surface area contributed by atoms with Gasteiger partial charge in [-0.15, -0.1) is 0 Å². The Morgan fingerprint density at radius 1 is 0.346 bits per heavy atom. The third kappa shape index (κ3) is 20.4. The number of rotatable bonds is 18. The summed E-state index contributed by atoms with van der Waals surface area (Å²) in [5.41, 5.74) is 14.5. The Bertz CT molecular complexity index is 6250. The summed E-state index contributed by atoms with van der Waals surface area (Å²) in [5, 5.41) is 82.0. The molecule has 5 fully saturated rings. The van der Waals surface area contributed by atoms with E-state index in [1.807, 2.05) is 120 Å². The molecule has 0 saturated heterocycles. The number of hydrogen-bond acceptors (Lipinski definition) is 18. The molecule has 0 amide bonds. The van der Waals surface area contributed by atoms with Crippen LogP contribution in [0.3, 0.4) is 0 Å². The molecule has 21 rings (SSSR count). The van der Waals surface area contributed by atoms with E-state index in [4.69, 9.17) is 10.5 Å². The molecule has 0 spiro atoms. The van der Waals surface area contributed by atoms with Crippen LogP contribution in [0.2, 0.25) is 0 Å². The van der Waals surface area contributed by atoms with Crippen molar-refractivity contribution in [1.29, 1.82) is 10.5 Å². The number of anilines is 5. The molecule has 16 aromatic rings. The molecule has 24 nitrogen and oxygen atoms in total. The highest BCUT2D eigenvalue weighted by Crippen LogP contribution is 2.41. The van der Waals surface area contributed by atoms with Crippen molar-refractivity contribution in [1.82, 2.24) is 85.7 Å². The molecule has 5 aromatic carbocycles. The van der Waals surface area contributed by atoms with E-state index in [1.54, 1.807) is 24.7 Å². The zero-order chi connectivity index (χ0) is 86.8. The van der Waals surface area contributed by atoms with Crippen LogP contribution in [0.1, 0.15) is 177 Å². The SMILES string of the molecule is FC(F)(F)c1ccc(-c2n[nH]c3ccnc(NC4CCCCC4)c23)cc1.Fc1cccc(-c2n[nH]c3ccnc(NC4CCCCC4)c23)c1F.N#CCc1ccc(-c2n[nH]c3ccnc(NC4CCCCC4)c23)cc1.N#CCc1ccc(-c2n[nH]c3ccnc(NC4CCCCC4)c23)cc1.c1cc(-c2n[nH]c3ccnc(NC4CCCCC4)c23)cc(-n2cccn2)c1. The maximum Gasteiger partial charge on any atom is 0.416 e. The molecule has 0 aliphatic heterocycles. The van der Waals surface area contributed by atoms with Crippen LogP contribution in [-0.2, 0) is 19.0 Å². The average molecular weight is 1710 g/mol. The molecule has 5 saturated carbocycles. The van der Waals surface area contributed by atoms with Gasteiger partial charge in [-0.25, -0.2) is 38.4 Å². The first-order valence-corrected chi connectivity index (χ1v) is 44.5. The lowest BCUT2D eigenvalue weighted by molar-refractivity contribution is -0.137. The molecule has 11 aromatic heterocycles. The van der Waals surface area contributed by atoms with Crippen molar-refractivity contribution in [2.45, 2.75) is 210 Å². The number of nitrogens with zero attached hydrogens (tertiary/aromatic N) is 14. The van der Waals surface area contributed by atoms with Gasteiger partial charge in [0.15, 0.2) is 11.6 Å². The van der Waals surface area contributed by atoms with E-state index in [0.29, 0.717) is 71.2 Å². The van der Waals surface area contributed by atoms with E-state index >= 15 is 0 Å². The standard InChI is InChI=1S/C21H22N6.2C20H21N5.C19H19F3N4.C18H18F2N4/c1-2-7-16(8-3-1)24-21-19-18(10-12-22-21)25-26-20(19)15-6-4-9-17(14-15)27-13-5-11-23-27;2*21-12-10-14-6-8-15(9-7-14)19-18-17(24-25-19)11-13-22-20(18)23-16-4-2-1-3-5-16;20-19(21,22)13-8-6-12(7-9-13)17-16-15(25-26-17)10-11-23-18(16)24-14-4-2-1-3-5-14;19-13-8-4-7-12(16(13)20)17-15-14(23-24-17)9-10-21-18(15)22-11-5-2-1-3-6-11/h4-6,9-14,16H,1-3,7-8H2,(H,22,24)(H,25,26);2*6-9,11,13,16H,1-5,10H2,(H,22,23)(H,24,25);6-11,14H,1-5H2,(H,23,24)(H,25,26);4,7-11H,1-3,5-6H2,(H,21,22)(H,23,24). The van der Waals surface area contributed by atoms with Gasteiger partial charge in [0, 0.05) is 101 Å². The van der Waals surface area contributed by atoms with Gasteiger partial charge < -0.3 is 26.6 Å². The molecule has 648 valence electrons. The van der Waals surface area contributed by atoms with Crippen molar-refractivity contribution in [3.8, 4) is 74.1 Å². The molecule has 29 heteroatoms. The Labute approximate surface area is 731 Å². The second-order valence-corrected chi connectivity index (χ2v) is 33.4. The van der Waals surface area contributed by atoms with Gasteiger partial charge >= 0.3 is 6.18 Å². The van der Waals surface area contributed by atoms with Crippen molar-refractivity contribution in [2.24, 2.45) is 0 Å². The van der Waals surface area contributed by atoms with Crippen LogP contribution in [0.5, 0.6) is 0 Å². The Balaban J connectivity index is 0.000000112. The number of fused-ring (bicyclic) bond motifs is 5. The molecule has 0 radical (unpaired) electrons. The summed E-state index contributed by atoms with van der Waals surface area (Å²) in [7, 11) is 0. The first kappa shape index (κ1) is 85.2. The van der Waals surface area contributed by atoms with Crippen LogP contribution in [0.25, 0.3) is 116 Å². The molecular weight excluding hydrogens is 1610 g/mol. The van der Waals surface area contributed by atoms with Gasteiger partial charge in [-0.1, -0.05) is 175 Å². The lowest BCUT2D eigenvalue weighted by Gasteiger charge is -2.23. The third-order valence-corrected chi connectivity index (χ3v) is 24.7. The first-order chi connectivity index (χ1) is 62.3. The predicted octanol–water partition coefficient (Wildman–Crippen LogP) is 23.5. The number of hydrogen-bond donors (Lipinski definition) is 10. The van der Waals surface area contributed by atoms with Gasteiger partial charge in [-0.05, 0) is 148 Å². The van der Waals surface area contributed by atoms with E-state index in [0.717, 1.165) is 167 Å². The molecule has 10 N–H and O–H groups in total. The highest BCUT2D eigenvalue weighted by atomic mass is 19.4. The average Bonchev–Trinajstić information content (AvgIpc) is 1.67. The normalized spacial score (nSPS) is 15.5. The summed E-state index contributed by atoms with van der Waals surface area (Å²) in [6, 6.07) is 51.6. The minimum atomic E-state index is -4.35. The number of benzene rings is 5. The van der Waals surface area contributed by atoms with Crippen molar-refractivity contribution in [3.63, 3.8) is 0 Å². The van der Waals surface area contributed by atoms with E-state index < -0.39 is 23.4 Å². The minimum absolute atomic E-state index is 0.140. The Kier molecular flexibility index (Phi) is 27.1. The zero-order valence-electron chi connectivity index (χ0n) is 70.6. The Morgan fingerprint density at radius 3 is 0.984 bits per heavy atom. The number of nitrogens with one attached hydrogen (secondary N) is 10. The number of halogens is 5. The lowest BCUT2D eigenvalue weighted by Crippen LogP contribution is -2.22. The first-order valence-electron chi connectivity index (χ1n) is 44.5. The summed E-state index contributed by atoms with van der Waals surface area (Å²) in [4.78, 5) is 22.7. The van der Waals surface area contributed by atoms with E-state index in [-0.39, 0.29) is 5.56 Å². The summed E-state index contributed by atoms with van der Waals surface area (Å²) in [5.74, 6) is 2.38. The van der Waals surface area contributed by atoms with Crippen LogP contribution in [0, 0.1) is 34.3 Å². The summed E-state index contributed by atoms with van der Waals surface area (Å²) >= 11 is 0. The van der Waals surface area contributed by atoms with Gasteiger partial charge in [0.1, 0.15) is 57.6 Å². The Hall–Kier alpha value is -14.0. The molecule has 5 aliphatic rings. The van der Waals surface area contributed by atoms with Crippen molar-refractivity contribution in [2.75, 3.05) is 26.6 Å². The predicted molar refractivity (Wildman–Crippen MR) is 490 cm³/mol. The topological polar surface area (TPSA) is 333 Å². The van der Waals surface area contributed by atoms with Crippen LogP contribution in [0.4, 0.5) is 51.0 Å². The second-order valence-electron chi connectivity index (χ2n) is 33.4. The summed E-state index contributed by atoms with van der Waals surface area (Å²) in [6.07, 6.45) is 39.8. The molecule has 0 atom stereocenters. The molecule has 127 heavy (non-hydrogen) atoms. The largest absolute Gasteiger partial charge is 0.416 e. The van der Waals surface area contributed by atoms with Gasteiger partial charge in [-0.3, -0.25) is 25.5 Å². The highest BCUT2D eigenvalue weighted by Gasteiger charge is 2.31. The van der Waals surface area contributed by atoms with Gasteiger partial charge in [0.05, 0.1) is 90.7 Å². The molecular formula is C98H101F5N24. The quantitative estimate of drug-likeness (QED) is 0.0357. The fourth-order valence-corrected chi connectivity index (χ4v) is 18.1. The highest BCUT2D eigenvalue weighted by molar-refractivity contribution is 6.04. The number of nitriles is 2. The second kappa shape index (κ2) is 40.3. The van der Waals surface area contributed by atoms with Gasteiger partial charge in [0.2, 0.25) is 0 Å². The molecule has 5 aliphatic carbocycles. The van der Waals surface area contributed by atoms with Crippen molar-refractivity contribution in [3.05, 3.63) is 223 Å². The van der Waals surface area contributed by atoms with Crippen molar-refractivity contribution >= 4 is 83.6 Å². The molecule has 0 bridgehead atoms. The molecule has 0 unspecified atom stereocenters. The number of alkyl halides is 3. The van der Waals surface area contributed by atoms with Crippen LogP contribution < -0.4 is 26.6 Å². The fraction of sp³-hybridized carbons (Fsp3) is 0.337. The van der Waals surface area contributed by atoms with E-state index in [9.17, 15) is 22.0 Å². The maximum atomic E-state index is 14.2. The minimum Gasteiger partial charge on any atom is -0.367 e. The fourth-order valence-electron chi connectivity index (χ4n) is 18.1. The number of aromatic nitrogens is 17. The van der Waals surface area contributed by atoms with E-state index in [1.165, 1.54) is 159 Å². The van der Waals surface area contributed by atoms with Gasteiger partial charge in [0.25, 0.3) is 0 Å². The van der Waals surface area contributed by atoms with Crippen LogP contribution in [0.15, 0.2) is 195 Å². The number of H-pyrrole nitrogens is 5. The molecule has 11 heterocycles. The summed E-state index contributed by atoms with van der Waals surface area (Å²) in [6.45, 7) is 0. The van der Waals surface area contributed by atoms with Crippen molar-refractivity contribution < 1.29 is 22.0 Å². The lowest BCUT2D eigenvalue weighted by atomic mass is 9.95. The monoisotopic (exact) mass is 1710 g/mol. The van der Waals surface area contributed by atoms with E-state index in [2.05, 4.69) is 132 Å².